The minimum absolute atomic E-state index is 0.0168. The average molecular weight is 397 g/mol. The Balaban J connectivity index is 1.86. The van der Waals surface area contributed by atoms with Gasteiger partial charge in [0.1, 0.15) is 10.8 Å². The maximum absolute atomic E-state index is 13.0. The van der Waals surface area contributed by atoms with E-state index in [1.165, 1.54) is 49.6 Å². The number of hydrogen-bond donors (Lipinski definition) is 0. The number of aromatic nitrogens is 2. The van der Waals surface area contributed by atoms with Crippen LogP contribution in [0.25, 0.3) is 22.5 Å². The van der Waals surface area contributed by atoms with Gasteiger partial charge in [-0.2, -0.15) is 13.8 Å². The number of halogens is 4. The topological polar surface area (TPSA) is 57.4 Å². The van der Waals surface area contributed by atoms with Crippen molar-refractivity contribution in [3.05, 3.63) is 59.7 Å². The van der Waals surface area contributed by atoms with E-state index in [2.05, 4.69) is 14.9 Å². The van der Waals surface area contributed by atoms with Crippen molar-refractivity contribution in [3.8, 4) is 22.9 Å². The van der Waals surface area contributed by atoms with E-state index in [0.29, 0.717) is 11.1 Å². The van der Waals surface area contributed by atoms with Gasteiger partial charge >= 0.3 is 6.61 Å². The van der Waals surface area contributed by atoms with Crippen molar-refractivity contribution < 1.29 is 27.2 Å². The van der Waals surface area contributed by atoms with Gasteiger partial charge in [-0.1, -0.05) is 22.8 Å². The van der Waals surface area contributed by atoms with E-state index in [-0.39, 0.29) is 34.1 Å². The minimum Gasteiger partial charge on any atom is -0.493 e. The van der Waals surface area contributed by atoms with Crippen molar-refractivity contribution in [1.29, 1.82) is 0 Å². The monoisotopic (exact) mass is 396 g/mol. The molecule has 0 N–H and O–H groups in total. The fraction of sp³-hybridized carbons (Fsp3) is 0.111. The molecule has 3 aromatic rings. The number of hydrogen-bond acceptors (Lipinski definition) is 5. The summed E-state index contributed by atoms with van der Waals surface area (Å²) in [6, 6.07) is 9.93. The summed E-state index contributed by atoms with van der Waals surface area (Å²) in [7, 11) is 1.34. The Kier molecular flexibility index (Phi) is 5.66. The van der Waals surface area contributed by atoms with Crippen molar-refractivity contribution in [2.45, 2.75) is 6.61 Å². The molecule has 1 aromatic heterocycles. The van der Waals surface area contributed by atoms with Crippen molar-refractivity contribution >= 4 is 22.7 Å². The number of nitrogens with zero attached hydrogens (tertiary/aromatic N) is 2. The second-order valence-corrected chi connectivity index (χ2v) is 5.62. The quantitative estimate of drug-likeness (QED) is 0.571. The zero-order valence-electron chi connectivity index (χ0n) is 13.8. The van der Waals surface area contributed by atoms with Gasteiger partial charge < -0.3 is 14.0 Å². The number of rotatable bonds is 6. The van der Waals surface area contributed by atoms with Gasteiger partial charge in [0.2, 0.25) is 5.82 Å². The van der Waals surface area contributed by atoms with E-state index in [4.69, 9.17) is 20.9 Å². The number of alkyl halides is 2. The molecule has 9 heteroatoms. The molecule has 0 radical (unpaired) electrons. The molecule has 2 aromatic carbocycles. The summed E-state index contributed by atoms with van der Waals surface area (Å²) in [4.78, 5) is 4.13. The average Bonchev–Trinajstić information content (AvgIpc) is 3.12. The molecule has 0 saturated heterocycles. The van der Waals surface area contributed by atoms with Crippen LogP contribution in [-0.4, -0.2) is 23.9 Å². The van der Waals surface area contributed by atoms with Crippen LogP contribution < -0.4 is 9.47 Å². The van der Waals surface area contributed by atoms with Crippen LogP contribution in [0.4, 0.5) is 13.2 Å². The maximum Gasteiger partial charge on any atom is 0.387 e. The Labute approximate surface area is 157 Å². The van der Waals surface area contributed by atoms with Crippen molar-refractivity contribution in [3.63, 3.8) is 0 Å². The first-order chi connectivity index (χ1) is 13.0. The Morgan fingerprint density at radius 1 is 1.15 bits per heavy atom. The fourth-order valence-corrected chi connectivity index (χ4v) is 2.42. The summed E-state index contributed by atoms with van der Waals surface area (Å²) < 4.78 is 52.5. The number of benzene rings is 2. The molecule has 140 valence electrons. The molecule has 0 aliphatic rings. The highest BCUT2D eigenvalue weighted by Crippen LogP contribution is 2.32. The molecule has 3 rings (SSSR count). The molecule has 0 saturated carbocycles. The third-order valence-electron chi connectivity index (χ3n) is 3.43. The SMILES string of the molecule is COc1ccc(/C=C(\Cl)c2nc(-c3ccc(F)cc3)no2)cc1OC(F)F. The summed E-state index contributed by atoms with van der Waals surface area (Å²) in [6.07, 6.45) is 1.45. The lowest BCUT2D eigenvalue weighted by atomic mass is 10.2. The lowest BCUT2D eigenvalue weighted by molar-refractivity contribution is -0.0512. The normalized spacial score (nSPS) is 11.7. The Hall–Kier alpha value is -3.00. The first-order valence-corrected chi connectivity index (χ1v) is 7.94. The van der Waals surface area contributed by atoms with E-state index >= 15 is 0 Å². The molecule has 0 bridgehead atoms. The van der Waals surface area contributed by atoms with Crippen LogP contribution in [0.5, 0.6) is 11.5 Å². The molecular formula is C18H12ClF3N2O3. The molecule has 0 aliphatic carbocycles. The molecule has 0 unspecified atom stereocenters. The number of methoxy groups -OCH3 is 1. The number of ether oxygens (including phenoxy) is 2. The standard InChI is InChI=1S/C18H12ClF3N2O3/c1-25-14-7-2-10(9-15(14)26-18(21)22)8-13(19)17-23-16(24-27-17)11-3-5-12(20)6-4-11/h2-9,18H,1H3/b13-8-. The highest BCUT2D eigenvalue weighted by atomic mass is 35.5. The summed E-state index contributed by atoms with van der Waals surface area (Å²) in [5.74, 6) is -0.124. The molecule has 27 heavy (non-hydrogen) atoms. The van der Waals surface area contributed by atoms with E-state index in [9.17, 15) is 13.2 Å². The van der Waals surface area contributed by atoms with Gasteiger partial charge in [-0.25, -0.2) is 4.39 Å². The van der Waals surface area contributed by atoms with E-state index in [1.54, 1.807) is 6.07 Å². The molecule has 0 fully saturated rings. The van der Waals surface area contributed by atoms with Crippen LogP contribution in [0, 0.1) is 5.82 Å². The van der Waals surface area contributed by atoms with E-state index < -0.39 is 6.61 Å². The van der Waals surface area contributed by atoms with Crippen LogP contribution in [-0.2, 0) is 0 Å². The van der Waals surface area contributed by atoms with Gasteiger partial charge in [0.25, 0.3) is 5.89 Å². The molecule has 1 heterocycles. The van der Waals surface area contributed by atoms with Gasteiger partial charge in [0.15, 0.2) is 11.5 Å². The van der Waals surface area contributed by atoms with Crippen LogP contribution >= 0.6 is 11.6 Å². The van der Waals surface area contributed by atoms with Gasteiger partial charge in [-0.15, -0.1) is 0 Å². The lowest BCUT2D eigenvalue weighted by Crippen LogP contribution is -2.03. The second kappa shape index (κ2) is 8.13. The predicted molar refractivity (Wildman–Crippen MR) is 93.0 cm³/mol. The second-order valence-electron chi connectivity index (χ2n) is 5.21. The molecule has 0 amide bonds. The van der Waals surface area contributed by atoms with Gasteiger partial charge in [-0.3, -0.25) is 0 Å². The Morgan fingerprint density at radius 3 is 2.56 bits per heavy atom. The summed E-state index contributed by atoms with van der Waals surface area (Å²) in [5, 5.41) is 3.87. The molecule has 5 nitrogen and oxygen atoms in total. The van der Waals surface area contributed by atoms with Crippen LogP contribution in [0.2, 0.25) is 0 Å². The van der Waals surface area contributed by atoms with Crippen molar-refractivity contribution in [1.82, 2.24) is 10.1 Å². The third kappa shape index (κ3) is 4.59. The summed E-state index contributed by atoms with van der Waals surface area (Å²) in [6.45, 7) is -3.00. The summed E-state index contributed by atoms with van der Waals surface area (Å²) >= 11 is 6.18. The van der Waals surface area contributed by atoms with Gasteiger partial charge in [0.05, 0.1) is 7.11 Å². The highest BCUT2D eigenvalue weighted by molar-refractivity contribution is 6.50. The van der Waals surface area contributed by atoms with Gasteiger partial charge in [-0.05, 0) is 48.0 Å². The first kappa shape index (κ1) is 18.8. The van der Waals surface area contributed by atoms with E-state index in [0.717, 1.165) is 0 Å². The smallest absolute Gasteiger partial charge is 0.387 e. The van der Waals surface area contributed by atoms with Crippen molar-refractivity contribution in [2.24, 2.45) is 0 Å². The van der Waals surface area contributed by atoms with Crippen LogP contribution in [0.15, 0.2) is 47.0 Å². The Morgan fingerprint density at radius 2 is 1.89 bits per heavy atom. The molecule has 0 aliphatic heterocycles. The molecular weight excluding hydrogens is 385 g/mol. The lowest BCUT2D eigenvalue weighted by Gasteiger charge is -2.10. The molecule has 0 spiro atoms. The third-order valence-corrected chi connectivity index (χ3v) is 3.70. The first-order valence-electron chi connectivity index (χ1n) is 7.56. The Bertz CT molecular complexity index is 959. The van der Waals surface area contributed by atoms with Crippen LogP contribution in [0.3, 0.4) is 0 Å². The predicted octanol–water partition coefficient (Wildman–Crippen LogP) is 5.22. The molecule has 0 atom stereocenters. The van der Waals surface area contributed by atoms with Gasteiger partial charge in [0, 0.05) is 5.56 Å². The van der Waals surface area contributed by atoms with Crippen LogP contribution in [0.1, 0.15) is 11.5 Å². The maximum atomic E-state index is 13.0. The summed E-state index contributed by atoms with van der Waals surface area (Å²) in [5.41, 5.74) is 1.01. The largest absolute Gasteiger partial charge is 0.493 e. The van der Waals surface area contributed by atoms with E-state index in [1.807, 2.05) is 0 Å². The van der Waals surface area contributed by atoms with Crippen molar-refractivity contribution in [2.75, 3.05) is 7.11 Å². The fourth-order valence-electron chi connectivity index (χ4n) is 2.22. The minimum atomic E-state index is -3.00. The highest BCUT2D eigenvalue weighted by Gasteiger charge is 2.14. The zero-order chi connectivity index (χ0) is 19.4. The zero-order valence-corrected chi connectivity index (χ0v) is 14.6.